The van der Waals surface area contributed by atoms with E-state index in [1.54, 1.807) is 11.3 Å². The SMILES string of the molecule is Brc1cccc(Oc2ccc(OCc3csc(Br)c3Br)cc2)c1. The highest BCUT2D eigenvalue weighted by Crippen LogP contribution is 2.34. The summed E-state index contributed by atoms with van der Waals surface area (Å²) in [5.41, 5.74) is 1.12. The third-order valence-electron chi connectivity index (χ3n) is 3.01. The van der Waals surface area contributed by atoms with E-state index in [1.165, 1.54) is 0 Å². The van der Waals surface area contributed by atoms with Crippen LogP contribution in [0.1, 0.15) is 5.56 Å². The molecule has 23 heavy (non-hydrogen) atoms. The summed E-state index contributed by atoms with van der Waals surface area (Å²) in [6.07, 6.45) is 0. The van der Waals surface area contributed by atoms with Crippen LogP contribution >= 0.6 is 59.1 Å². The molecular weight excluding hydrogens is 508 g/mol. The normalized spacial score (nSPS) is 10.6. The summed E-state index contributed by atoms with van der Waals surface area (Å²) in [5.74, 6) is 2.37. The van der Waals surface area contributed by atoms with Gasteiger partial charge >= 0.3 is 0 Å². The summed E-state index contributed by atoms with van der Waals surface area (Å²) >= 11 is 12.1. The van der Waals surface area contributed by atoms with Gasteiger partial charge < -0.3 is 9.47 Å². The fraction of sp³-hybridized carbons (Fsp3) is 0.0588. The van der Waals surface area contributed by atoms with Crippen molar-refractivity contribution in [2.45, 2.75) is 6.61 Å². The number of hydrogen-bond donors (Lipinski definition) is 0. The average molecular weight is 519 g/mol. The van der Waals surface area contributed by atoms with Gasteiger partial charge in [0.2, 0.25) is 0 Å². The van der Waals surface area contributed by atoms with Crippen LogP contribution in [0.5, 0.6) is 17.2 Å². The van der Waals surface area contributed by atoms with Crippen LogP contribution in [0.3, 0.4) is 0 Å². The molecule has 0 N–H and O–H groups in total. The quantitative estimate of drug-likeness (QED) is 0.350. The van der Waals surface area contributed by atoms with Gasteiger partial charge in [0, 0.05) is 14.5 Å². The van der Waals surface area contributed by atoms with E-state index in [2.05, 4.69) is 53.2 Å². The number of benzene rings is 2. The molecule has 0 saturated heterocycles. The van der Waals surface area contributed by atoms with Crippen molar-refractivity contribution >= 4 is 59.1 Å². The maximum atomic E-state index is 5.80. The van der Waals surface area contributed by atoms with Crippen LogP contribution in [0.25, 0.3) is 0 Å². The molecule has 118 valence electrons. The number of hydrogen-bond acceptors (Lipinski definition) is 3. The first-order valence-electron chi connectivity index (χ1n) is 6.69. The van der Waals surface area contributed by atoms with Gasteiger partial charge in [-0.25, -0.2) is 0 Å². The zero-order chi connectivity index (χ0) is 16.2. The molecule has 3 rings (SSSR count). The monoisotopic (exact) mass is 516 g/mol. The van der Waals surface area contributed by atoms with E-state index >= 15 is 0 Å². The third kappa shape index (κ3) is 4.59. The Morgan fingerprint density at radius 2 is 1.61 bits per heavy atom. The van der Waals surface area contributed by atoms with Crippen LogP contribution in [-0.2, 0) is 6.61 Å². The highest BCUT2D eigenvalue weighted by atomic mass is 79.9. The lowest BCUT2D eigenvalue weighted by Gasteiger charge is -2.08. The van der Waals surface area contributed by atoms with Crippen molar-refractivity contribution in [1.82, 2.24) is 0 Å². The van der Waals surface area contributed by atoms with E-state index in [0.29, 0.717) is 6.61 Å². The van der Waals surface area contributed by atoms with Crippen LogP contribution in [-0.4, -0.2) is 0 Å². The maximum Gasteiger partial charge on any atom is 0.128 e. The molecule has 0 spiro atoms. The smallest absolute Gasteiger partial charge is 0.128 e. The summed E-state index contributed by atoms with van der Waals surface area (Å²) in [4.78, 5) is 0. The van der Waals surface area contributed by atoms with E-state index in [4.69, 9.17) is 9.47 Å². The second-order valence-electron chi connectivity index (χ2n) is 4.67. The van der Waals surface area contributed by atoms with Crippen LogP contribution in [0.4, 0.5) is 0 Å². The Morgan fingerprint density at radius 3 is 2.26 bits per heavy atom. The molecule has 2 aromatic carbocycles. The fourth-order valence-corrected chi connectivity index (χ4v) is 4.12. The molecule has 0 amide bonds. The Labute approximate surface area is 163 Å². The third-order valence-corrected chi connectivity index (χ3v) is 6.97. The van der Waals surface area contributed by atoms with Gasteiger partial charge in [0.25, 0.3) is 0 Å². The molecule has 0 atom stereocenters. The Hall–Kier alpha value is -0.820. The van der Waals surface area contributed by atoms with E-state index in [9.17, 15) is 0 Å². The lowest BCUT2D eigenvalue weighted by molar-refractivity contribution is 0.305. The fourth-order valence-electron chi connectivity index (χ4n) is 1.88. The predicted octanol–water partition coefficient (Wildman–Crippen LogP) is 7.41. The number of ether oxygens (including phenoxy) is 2. The Balaban J connectivity index is 1.62. The van der Waals surface area contributed by atoms with Crippen molar-refractivity contribution in [3.05, 3.63) is 72.2 Å². The maximum absolute atomic E-state index is 5.80. The molecule has 0 saturated carbocycles. The molecule has 0 aliphatic rings. The second-order valence-corrected chi connectivity index (χ2v) is 8.57. The first-order valence-corrected chi connectivity index (χ1v) is 9.95. The number of thiophene rings is 1. The first-order chi connectivity index (χ1) is 11.1. The molecule has 0 fully saturated rings. The van der Waals surface area contributed by atoms with Gasteiger partial charge in [0.15, 0.2) is 0 Å². The minimum Gasteiger partial charge on any atom is -0.489 e. The van der Waals surface area contributed by atoms with Crippen molar-refractivity contribution in [3.8, 4) is 17.2 Å². The van der Waals surface area contributed by atoms with Gasteiger partial charge in [-0.2, -0.15) is 0 Å². The first kappa shape index (κ1) is 17.0. The summed E-state index contributed by atoms with van der Waals surface area (Å²) in [7, 11) is 0. The summed E-state index contributed by atoms with van der Waals surface area (Å²) < 4.78 is 14.7. The van der Waals surface area contributed by atoms with Gasteiger partial charge in [-0.05, 0) is 79.7 Å². The average Bonchev–Trinajstić information content (AvgIpc) is 2.86. The topological polar surface area (TPSA) is 18.5 Å². The predicted molar refractivity (Wildman–Crippen MR) is 105 cm³/mol. The molecule has 0 unspecified atom stereocenters. The molecular formula is C17H11Br3O2S. The van der Waals surface area contributed by atoms with E-state index in [1.807, 2.05) is 48.5 Å². The zero-order valence-electron chi connectivity index (χ0n) is 11.8. The van der Waals surface area contributed by atoms with Gasteiger partial charge in [-0.15, -0.1) is 11.3 Å². The highest BCUT2D eigenvalue weighted by molar-refractivity contribution is 9.13. The largest absolute Gasteiger partial charge is 0.489 e. The van der Waals surface area contributed by atoms with Crippen LogP contribution < -0.4 is 9.47 Å². The van der Waals surface area contributed by atoms with Crippen LogP contribution in [0.15, 0.2) is 66.6 Å². The van der Waals surface area contributed by atoms with Crippen LogP contribution in [0.2, 0.25) is 0 Å². The molecule has 0 radical (unpaired) electrons. The van der Waals surface area contributed by atoms with E-state index < -0.39 is 0 Å². The van der Waals surface area contributed by atoms with Crippen molar-refractivity contribution in [1.29, 1.82) is 0 Å². The van der Waals surface area contributed by atoms with Crippen molar-refractivity contribution in [2.75, 3.05) is 0 Å². The highest BCUT2D eigenvalue weighted by Gasteiger charge is 2.07. The van der Waals surface area contributed by atoms with E-state index in [0.717, 1.165) is 35.5 Å². The summed E-state index contributed by atoms with van der Waals surface area (Å²) in [6.45, 7) is 0.522. The number of halogens is 3. The van der Waals surface area contributed by atoms with Crippen molar-refractivity contribution < 1.29 is 9.47 Å². The minimum atomic E-state index is 0.522. The standard InChI is InChI=1S/C17H11Br3O2S/c18-12-2-1-3-15(8-12)22-14-6-4-13(5-7-14)21-9-11-10-23-17(20)16(11)19/h1-8,10H,9H2. The van der Waals surface area contributed by atoms with E-state index in [-0.39, 0.29) is 0 Å². The van der Waals surface area contributed by atoms with Gasteiger partial charge in [0.1, 0.15) is 23.9 Å². The molecule has 0 aliphatic heterocycles. The van der Waals surface area contributed by atoms with Gasteiger partial charge in [-0.3, -0.25) is 0 Å². The van der Waals surface area contributed by atoms with Gasteiger partial charge in [-0.1, -0.05) is 22.0 Å². The van der Waals surface area contributed by atoms with Crippen molar-refractivity contribution in [3.63, 3.8) is 0 Å². The molecule has 6 heteroatoms. The summed E-state index contributed by atoms with van der Waals surface area (Å²) in [6, 6.07) is 15.4. The molecule has 1 aromatic heterocycles. The lowest BCUT2D eigenvalue weighted by Crippen LogP contribution is -1.94. The second kappa shape index (κ2) is 7.83. The Morgan fingerprint density at radius 1 is 0.870 bits per heavy atom. The summed E-state index contributed by atoms with van der Waals surface area (Å²) in [5, 5.41) is 2.07. The minimum absolute atomic E-state index is 0.522. The zero-order valence-corrected chi connectivity index (χ0v) is 17.3. The molecule has 3 aromatic rings. The number of rotatable bonds is 5. The Kier molecular flexibility index (Phi) is 5.80. The molecule has 2 nitrogen and oxygen atoms in total. The molecule has 1 heterocycles. The van der Waals surface area contributed by atoms with Crippen molar-refractivity contribution in [2.24, 2.45) is 0 Å². The lowest BCUT2D eigenvalue weighted by atomic mass is 10.3. The molecule has 0 bridgehead atoms. The molecule has 0 aliphatic carbocycles. The van der Waals surface area contributed by atoms with Crippen LogP contribution in [0, 0.1) is 0 Å². The van der Waals surface area contributed by atoms with Gasteiger partial charge in [0.05, 0.1) is 3.79 Å². The Bertz CT molecular complexity index is 800.